The zero-order chi connectivity index (χ0) is 7.56. The van der Waals surface area contributed by atoms with Gasteiger partial charge < -0.3 is 11.5 Å². The van der Waals surface area contributed by atoms with Gasteiger partial charge in [-0.2, -0.15) is 0 Å². The molecule has 0 bridgehead atoms. The summed E-state index contributed by atoms with van der Waals surface area (Å²) in [7, 11) is 0. The largest absolute Gasteiger partial charge is 0.387 e. The number of aromatic nitrogens is 1. The maximum atomic E-state index is 5.32. The van der Waals surface area contributed by atoms with Gasteiger partial charge in [0, 0.05) is 11.9 Å². The van der Waals surface area contributed by atoms with Crippen LogP contribution < -0.4 is 11.5 Å². The molecule has 4 N–H and O–H groups in total. The quantitative estimate of drug-likeness (QED) is 0.629. The molecule has 1 rings (SSSR count). The fourth-order valence-electron chi connectivity index (χ4n) is 0.514. The van der Waals surface area contributed by atoms with Crippen LogP contribution in [0.3, 0.4) is 0 Å². The van der Waals surface area contributed by atoms with Crippen LogP contribution in [0.1, 0.15) is 10.7 Å². The Morgan fingerprint density at radius 3 is 2.80 bits per heavy atom. The molecule has 1 aromatic heterocycles. The molecule has 3 nitrogen and oxygen atoms in total. The molecule has 0 unspecified atom stereocenters. The number of thiazole rings is 1. The van der Waals surface area contributed by atoms with Crippen molar-refractivity contribution < 1.29 is 0 Å². The average molecular weight is 173 g/mol. The summed E-state index contributed by atoms with van der Waals surface area (Å²) in [5.41, 5.74) is 11.5. The fraction of sp³-hybridized carbons (Fsp3) is 0.200. The van der Waals surface area contributed by atoms with Crippen molar-refractivity contribution in [3.05, 3.63) is 16.1 Å². The Balaban J connectivity index is 2.88. The van der Waals surface area contributed by atoms with Gasteiger partial charge in [-0.3, -0.25) is 0 Å². The molecule has 5 heteroatoms. The molecule has 0 aliphatic carbocycles. The summed E-state index contributed by atoms with van der Waals surface area (Å²) >= 11 is 6.13. The highest BCUT2D eigenvalue weighted by molar-refractivity contribution is 7.81. The maximum Gasteiger partial charge on any atom is 0.150 e. The Morgan fingerprint density at radius 2 is 2.50 bits per heavy atom. The van der Waals surface area contributed by atoms with Crippen molar-refractivity contribution in [2.45, 2.75) is 6.54 Å². The van der Waals surface area contributed by atoms with Crippen molar-refractivity contribution in [3.63, 3.8) is 0 Å². The lowest BCUT2D eigenvalue weighted by atomic mass is 10.5. The molecular weight excluding hydrogens is 166 g/mol. The number of rotatable bonds is 2. The average Bonchev–Trinajstić information content (AvgIpc) is 2.34. The number of hydrogen-bond donors (Lipinski definition) is 2. The summed E-state index contributed by atoms with van der Waals surface area (Å²) in [5, 5.41) is 2.55. The van der Waals surface area contributed by atoms with Gasteiger partial charge in [-0.15, -0.1) is 11.3 Å². The lowest BCUT2D eigenvalue weighted by Crippen LogP contribution is -2.09. The molecule has 0 saturated heterocycles. The Kier molecular flexibility index (Phi) is 2.31. The summed E-state index contributed by atoms with van der Waals surface area (Å²) in [6.45, 7) is 0.444. The second-order valence-electron chi connectivity index (χ2n) is 1.71. The highest BCUT2D eigenvalue weighted by Gasteiger charge is 2.01. The number of nitrogens with two attached hydrogens (primary N) is 2. The number of hydrogen-bond acceptors (Lipinski definition) is 4. The van der Waals surface area contributed by atoms with Gasteiger partial charge in [-0.05, 0) is 0 Å². The first kappa shape index (κ1) is 7.59. The van der Waals surface area contributed by atoms with Gasteiger partial charge >= 0.3 is 0 Å². The Labute approximate surface area is 68.1 Å². The summed E-state index contributed by atoms with van der Waals surface area (Å²) in [6.07, 6.45) is 0. The van der Waals surface area contributed by atoms with Crippen LogP contribution in [0.2, 0.25) is 0 Å². The highest BCUT2D eigenvalue weighted by Crippen LogP contribution is 2.08. The number of nitrogens with zero attached hydrogens (tertiary/aromatic N) is 1. The first-order chi connectivity index (χ1) is 4.74. The van der Waals surface area contributed by atoms with Crippen LogP contribution in [0.25, 0.3) is 0 Å². The lowest BCUT2D eigenvalue weighted by molar-refractivity contribution is 1.01. The minimum atomic E-state index is 0.338. The van der Waals surface area contributed by atoms with Crippen LogP contribution in [0.4, 0.5) is 0 Å². The van der Waals surface area contributed by atoms with E-state index in [4.69, 9.17) is 23.7 Å². The van der Waals surface area contributed by atoms with Crippen LogP contribution in [-0.2, 0) is 6.54 Å². The molecule has 54 valence electrons. The van der Waals surface area contributed by atoms with Gasteiger partial charge in [0.25, 0.3) is 0 Å². The summed E-state index contributed by atoms with van der Waals surface area (Å²) in [6, 6.07) is 0. The third kappa shape index (κ3) is 1.50. The molecular formula is C5H7N3S2. The van der Waals surface area contributed by atoms with Crippen LogP contribution in [0.15, 0.2) is 5.38 Å². The van der Waals surface area contributed by atoms with Gasteiger partial charge in [-0.25, -0.2) is 4.98 Å². The predicted molar refractivity (Wildman–Crippen MR) is 45.9 cm³/mol. The molecule has 0 aromatic carbocycles. The number of thiocarbonyl (C=S) groups is 1. The van der Waals surface area contributed by atoms with Crippen molar-refractivity contribution in [3.8, 4) is 0 Å². The van der Waals surface area contributed by atoms with E-state index in [2.05, 4.69) is 4.98 Å². The van der Waals surface area contributed by atoms with Crippen molar-refractivity contribution in [1.29, 1.82) is 0 Å². The normalized spacial score (nSPS) is 9.70. The molecule has 0 aliphatic heterocycles. The molecule has 0 spiro atoms. The molecule has 1 heterocycles. The maximum absolute atomic E-state index is 5.32. The topological polar surface area (TPSA) is 64.9 Å². The molecule has 0 saturated carbocycles. The minimum Gasteiger partial charge on any atom is -0.387 e. The van der Waals surface area contributed by atoms with Crippen molar-refractivity contribution in [1.82, 2.24) is 4.98 Å². The highest BCUT2D eigenvalue weighted by atomic mass is 32.1. The van der Waals surface area contributed by atoms with Crippen molar-refractivity contribution in [2.24, 2.45) is 11.5 Å². The smallest absolute Gasteiger partial charge is 0.150 e. The van der Waals surface area contributed by atoms with Crippen LogP contribution in [0.5, 0.6) is 0 Å². The summed E-state index contributed by atoms with van der Waals surface area (Å²) in [5.74, 6) is 0. The van der Waals surface area contributed by atoms with E-state index in [1.54, 1.807) is 0 Å². The van der Waals surface area contributed by atoms with Crippen molar-refractivity contribution >= 4 is 28.5 Å². The van der Waals surface area contributed by atoms with Gasteiger partial charge in [0.2, 0.25) is 0 Å². The fourth-order valence-corrected chi connectivity index (χ4v) is 1.39. The second-order valence-corrected chi connectivity index (χ2v) is 3.01. The van der Waals surface area contributed by atoms with E-state index >= 15 is 0 Å². The van der Waals surface area contributed by atoms with Gasteiger partial charge in [0.1, 0.15) is 4.99 Å². The first-order valence-corrected chi connectivity index (χ1v) is 3.97. The zero-order valence-electron chi connectivity index (χ0n) is 5.20. The molecule has 0 atom stereocenters. The van der Waals surface area contributed by atoms with E-state index in [1.165, 1.54) is 11.3 Å². The third-order valence-corrected chi connectivity index (χ3v) is 2.22. The SMILES string of the molecule is NCc1csc(C(N)=S)n1. The van der Waals surface area contributed by atoms with Crippen LogP contribution in [0, 0.1) is 0 Å². The summed E-state index contributed by atoms with van der Waals surface area (Å²) in [4.78, 5) is 4.39. The lowest BCUT2D eigenvalue weighted by Gasteiger charge is -1.86. The van der Waals surface area contributed by atoms with E-state index in [0.717, 1.165) is 5.69 Å². The van der Waals surface area contributed by atoms with E-state index in [0.29, 0.717) is 16.5 Å². The Bertz CT molecular complexity index is 243. The molecule has 0 amide bonds. The van der Waals surface area contributed by atoms with Gasteiger partial charge in [0.05, 0.1) is 5.69 Å². The van der Waals surface area contributed by atoms with E-state index in [1.807, 2.05) is 5.38 Å². The first-order valence-electron chi connectivity index (χ1n) is 2.68. The molecule has 1 aromatic rings. The van der Waals surface area contributed by atoms with E-state index < -0.39 is 0 Å². The van der Waals surface area contributed by atoms with E-state index in [-0.39, 0.29) is 0 Å². The monoisotopic (exact) mass is 173 g/mol. The third-order valence-electron chi connectivity index (χ3n) is 0.972. The molecule has 0 fully saturated rings. The minimum absolute atomic E-state index is 0.338. The molecule has 0 radical (unpaired) electrons. The predicted octanol–water partition coefficient (Wildman–Crippen LogP) is 0.236. The molecule has 0 aliphatic rings. The van der Waals surface area contributed by atoms with Crippen molar-refractivity contribution in [2.75, 3.05) is 0 Å². The zero-order valence-corrected chi connectivity index (χ0v) is 6.84. The standard InChI is InChI=1S/C5H7N3S2/c6-1-3-2-10-5(8-3)4(7)9/h2H,1,6H2,(H2,7,9). The van der Waals surface area contributed by atoms with Crippen LogP contribution in [-0.4, -0.2) is 9.97 Å². The Morgan fingerprint density at radius 1 is 1.80 bits per heavy atom. The van der Waals surface area contributed by atoms with Gasteiger partial charge in [0.15, 0.2) is 5.01 Å². The summed E-state index contributed by atoms with van der Waals surface area (Å²) < 4.78 is 0. The van der Waals surface area contributed by atoms with E-state index in [9.17, 15) is 0 Å². The Hall–Kier alpha value is -0.520. The van der Waals surface area contributed by atoms with Crippen LogP contribution >= 0.6 is 23.6 Å². The second kappa shape index (κ2) is 3.05. The molecule has 10 heavy (non-hydrogen) atoms. The van der Waals surface area contributed by atoms with Gasteiger partial charge in [-0.1, -0.05) is 12.2 Å².